The molecular formula is C14H19N3O2S. The highest BCUT2D eigenvalue weighted by Gasteiger charge is 2.29. The first kappa shape index (κ1) is 13.6. The zero-order chi connectivity index (χ0) is 14.3. The van der Waals surface area contributed by atoms with Crippen molar-refractivity contribution in [2.45, 2.75) is 45.1 Å². The van der Waals surface area contributed by atoms with Crippen LogP contribution in [0.2, 0.25) is 0 Å². The Kier molecular flexibility index (Phi) is 3.30. The standard InChI is InChI=1S/C14H19N3O2S/c1-14(2,18-3)13-16-12(19-17-13)10-8-6-4-5-7-9(8)20-11(10)15/h4-7,15H2,1-3H3. The molecule has 1 aliphatic carbocycles. The van der Waals surface area contributed by atoms with Crippen LogP contribution in [0.25, 0.3) is 11.5 Å². The van der Waals surface area contributed by atoms with Gasteiger partial charge in [0, 0.05) is 12.0 Å². The quantitative estimate of drug-likeness (QED) is 0.941. The van der Waals surface area contributed by atoms with Gasteiger partial charge < -0.3 is 15.0 Å². The Labute approximate surface area is 122 Å². The average Bonchev–Trinajstić information content (AvgIpc) is 3.02. The molecule has 3 rings (SSSR count). The number of nitrogens with zero attached hydrogens (tertiary/aromatic N) is 2. The summed E-state index contributed by atoms with van der Waals surface area (Å²) in [6.45, 7) is 3.82. The number of aromatic nitrogens is 2. The van der Waals surface area contributed by atoms with E-state index in [1.807, 2.05) is 13.8 Å². The smallest absolute Gasteiger partial charge is 0.261 e. The van der Waals surface area contributed by atoms with Crippen molar-refractivity contribution in [2.75, 3.05) is 12.8 Å². The highest BCUT2D eigenvalue weighted by Crippen LogP contribution is 2.42. The van der Waals surface area contributed by atoms with Gasteiger partial charge in [0.15, 0.2) is 0 Å². The second-order valence-corrected chi connectivity index (χ2v) is 6.72. The molecule has 0 saturated carbocycles. The zero-order valence-corrected chi connectivity index (χ0v) is 12.8. The van der Waals surface area contributed by atoms with Crippen molar-refractivity contribution in [3.8, 4) is 11.5 Å². The van der Waals surface area contributed by atoms with Crippen LogP contribution in [-0.2, 0) is 23.2 Å². The van der Waals surface area contributed by atoms with E-state index in [0.29, 0.717) is 11.7 Å². The lowest BCUT2D eigenvalue weighted by Crippen LogP contribution is -2.21. The molecule has 2 heterocycles. The summed E-state index contributed by atoms with van der Waals surface area (Å²) in [5.41, 5.74) is 7.84. The molecule has 1 aliphatic rings. The molecule has 2 aromatic rings. The predicted octanol–water partition coefficient (Wildman–Crippen LogP) is 3.14. The van der Waals surface area contributed by atoms with Gasteiger partial charge in [-0.15, -0.1) is 11.3 Å². The number of fused-ring (bicyclic) bond motifs is 1. The number of anilines is 1. The number of thiophene rings is 1. The normalized spacial score (nSPS) is 15.3. The van der Waals surface area contributed by atoms with E-state index in [4.69, 9.17) is 15.0 Å². The van der Waals surface area contributed by atoms with Crippen LogP contribution in [0.5, 0.6) is 0 Å². The molecule has 0 bridgehead atoms. The first-order valence-corrected chi connectivity index (χ1v) is 7.64. The molecule has 5 nitrogen and oxygen atoms in total. The van der Waals surface area contributed by atoms with Gasteiger partial charge in [-0.3, -0.25) is 0 Å². The van der Waals surface area contributed by atoms with Crippen LogP contribution in [0.4, 0.5) is 5.00 Å². The fraction of sp³-hybridized carbons (Fsp3) is 0.571. The van der Waals surface area contributed by atoms with E-state index in [9.17, 15) is 0 Å². The number of nitrogen functional groups attached to an aromatic ring is 1. The van der Waals surface area contributed by atoms with Crippen molar-refractivity contribution in [3.05, 3.63) is 16.3 Å². The van der Waals surface area contributed by atoms with E-state index < -0.39 is 5.60 Å². The lowest BCUT2D eigenvalue weighted by Gasteiger charge is -2.17. The van der Waals surface area contributed by atoms with Crippen LogP contribution >= 0.6 is 11.3 Å². The van der Waals surface area contributed by atoms with Crippen molar-refractivity contribution < 1.29 is 9.26 Å². The van der Waals surface area contributed by atoms with Gasteiger partial charge in [0.05, 0.1) is 10.6 Å². The maximum atomic E-state index is 6.16. The Morgan fingerprint density at radius 1 is 1.30 bits per heavy atom. The summed E-state index contributed by atoms with van der Waals surface area (Å²) in [6.07, 6.45) is 4.58. The second-order valence-electron chi connectivity index (χ2n) is 5.59. The lowest BCUT2D eigenvalue weighted by atomic mass is 9.95. The van der Waals surface area contributed by atoms with Gasteiger partial charge in [0.1, 0.15) is 5.60 Å². The van der Waals surface area contributed by atoms with E-state index >= 15 is 0 Å². The van der Waals surface area contributed by atoms with E-state index in [-0.39, 0.29) is 0 Å². The summed E-state index contributed by atoms with van der Waals surface area (Å²) in [7, 11) is 1.64. The number of methoxy groups -OCH3 is 1. The monoisotopic (exact) mass is 293 g/mol. The van der Waals surface area contributed by atoms with Crippen molar-refractivity contribution in [1.82, 2.24) is 10.1 Å². The topological polar surface area (TPSA) is 74.2 Å². The van der Waals surface area contributed by atoms with Gasteiger partial charge in [-0.05, 0) is 45.1 Å². The largest absolute Gasteiger partial charge is 0.390 e. The van der Waals surface area contributed by atoms with Crippen LogP contribution in [0, 0.1) is 0 Å². The molecular weight excluding hydrogens is 274 g/mol. The van der Waals surface area contributed by atoms with Gasteiger partial charge in [0.2, 0.25) is 5.82 Å². The van der Waals surface area contributed by atoms with E-state index in [1.165, 1.54) is 23.3 Å². The number of hydrogen-bond acceptors (Lipinski definition) is 6. The fourth-order valence-corrected chi connectivity index (χ4v) is 3.63. The van der Waals surface area contributed by atoms with E-state index in [2.05, 4.69) is 10.1 Å². The second kappa shape index (κ2) is 4.86. The van der Waals surface area contributed by atoms with Crippen LogP contribution in [0.1, 0.15) is 43.0 Å². The van der Waals surface area contributed by atoms with Crippen LogP contribution in [-0.4, -0.2) is 17.3 Å². The molecule has 2 N–H and O–H groups in total. The molecule has 0 aromatic carbocycles. The number of aryl methyl sites for hydroxylation is 1. The minimum Gasteiger partial charge on any atom is -0.390 e. The Morgan fingerprint density at radius 2 is 2.05 bits per heavy atom. The molecule has 0 aliphatic heterocycles. The Morgan fingerprint density at radius 3 is 2.80 bits per heavy atom. The van der Waals surface area contributed by atoms with Crippen molar-refractivity contribution in [1.29, 1.82) is 0 Å². The third-order valence-corrected chi connectivity index (χ3v) is 5.01. The molecule has 0 unspecified atom stereocenters. The summed E-state index contributed by atoms with van der Waals surface area (Å²) in [5.74, 6) is 1.06. The summed E-state index contributed by atoms with van der Waals surface area (Å²) in [4.78, 5) is 5.86. The molecule has 20 heavy (non-hydrogen) atoms. The molecule has 0 radical (unpaired) electrons. The van der Waals surface area contributed by atoms with Crippen molar-refractivity contribution in [2.24, 2.45) is 0 Å². The van der Waals surface area contributed by atoms with Gasteiger partial charge >= 0.3 is 0 Å². The Balaban J connectivity index is 2.04. The van der Waals surface area contributed by atoms with Gasteiger partial charge in [-0.25, -0.2) is 0 Å². The van der Waals surface area contributed by atoms with Crippen LogP contribution < -0.4 is 5.73 Å². The third kappa shape index (κ3) is 2.13. The third-order valence-electron chi connectivity index (χ3n) is 3.89. The zero-order valence-electron chi connectivity index (χ0n) is 12.0. The molecule has 6 heteroatoms. The molecule has 0 amide bonds. The predicted molar refractivity (Wildman–Crippen MR) is 78.7 cm³/mol. The first-order chi connectivity index (χ1) is 9.53. The highest BCUT2D eigenvalue weighted by molar-refractivity contribution is 7.16. The number of nitrogens with two attached hydrogens (primary N) is 1. The fourth-order valence-electron chi connectivity index (χ4n) is 2.48. The first-order valence-electron chi connectivity index (χ1n) is 6.82. The van der Waals surface area contributed by atoms with Crippen molar-refractivity contribution >= 4 is 16.3 Å². The summed E-state index contributed by atoms with van der Waals surface area (Å²) >= 11 is 1.65. The molecule has 0 spiro atoms. The number of hydrogen-bond donors (Lipinski definition) is 1. The van der Waals surface area contributed by atoms with E-state index in [0.717, 1.165) is 23.4 Å². The van der Waals surface area contributed by atoms with Crippen LogP contribution in [0.3, 0.4) is 0 Å². The molecule has 0 fully saturated rings. The van der Waals surface area contributed by atoms with E-state index in [1.54, 1.807) is 18.4 Å². The minimum absolute atomic E-state index is 0.516. The van der Waals surface area contributed by atoms with Gasteiger partial charge in [0.25, 0.3) is 5.89 Å². The highest BCUT2D eigenvalue weighted by atomic mass is 32.1. The summed E-state index contributed by atoms with van der Waals surface area (Å²) < 4.78 is 10.8. The van der Waals surface area contributed by atoms with Gasteiger partial charge in [-0.1, -0.05) is 5.16 Å². The maximum Gasteiger partial charge on any atom is 0.261 e. The van der Waals surface area contributed by atoms with Gasteiger partial charge in [-0.2, -0.15) is 4.98 Å². The molecule has 0 saturated heterocycles. The molecule has 108 valence electrons. The summed E-state index contributed by atoms with van der Waals surface area (Å²) in [5, 5.41) is 4.82. The minimum atomic E-state index is -0.563. The number of ether oxygens (including phenoxy) is 1. The SMILES string of the molecule is COC(C)(C)c1noc(-c2c(N)sc3c2CCCC3)n1. The average molecular weight is 293 g/mol. The maximum absolute atomic E-state index is 6.16. The Hall–Kier alpha value is -1.40. The Bertz CT molecular complexity index is 630. The van der Waals surface area contributed by atoms with Crippen molar-refractivity contribution in [3.63, 3.8) is 0 Å². The molecule has 2 aromatic heterocycles. The lowest BCUT2D eigenvalue weighted by molar-refractivity contribution is 0.00973. The molecule has 0 atom stereocenters. The summed E-state index contributed by atoms with van der Waals surface area (Å²) in [6, 6.07) is 0. The van der Waals surface area contributed by atoms with Crippen LogP contribution in [0.15, 0.2) is 4.52 Å². The number of rotatable bonds is 3.